The smallest absolute Gasteiger partial charge is 0.0747 e. The fraction of sp³-hybridized carbons (Fsp3) is 0.667. The van der Waals surface area contributed by atoms with Gasteiger partial charge in [0.1, 0.15) is 0 Å². The molecular weight excluding hydrogens is 282 g/mol. The van der Waals surface area contributed by atoms with Crippen molar-refractivity contribution < 1.29 is 5.11 Å². The summed E-state index contributed by atoms with van der Waals surface area (Å²) in [6, 6.07) is 8.84. The Labute approximate surface area is 135 Å². The second-order valence-electron chi connectivity index (χ2n) is 7.03. The SMILES string of the molecule is CN(C)CCC12CCCCC1(O)CCc1ccccc12.Cl. The standard InChI is InChI=1S/C18H27NO.ClH/c1-19(2)14-13-17-10-5-6-11-18(17,20)12-9-15-7-3-4-8-16(15)17;/h3-4,7-8,20H,5-6,9-14H2,1-2H3;1H. The third-order valence-electron chi connectivity index (χ3n) is 5.66. The predicted octanol–water partition coefficient (Wildman–Crippen LogP) is 3.55. The lowest BCUT2D eigenvalue weighted by molar-refractivity contribution is -0.0887. The van der Waals surface area contributed by atoms with Gasteiger partial charge in [0.05, 0.1) is 5.60 Å². The maximum absolute atomic E-state index is 11.4. The Bertz CT molecular complexity index is 490. The zero-order valence-corrected chi connectivity index (χ0v) is 14.1. The highest BCUT2D eigenvalue weighted by molar-refractivity contribution is 5.85. The number of rotatable bonds is 3. The fourth-order valence-corrected chi connectivity index (χ4v) is 4.52. The van der Waals surface area contributed by atoms with Gasteiger partial charge in [-0.05, 0) is 63.9 Å². The molecule has 0 aromatic heterocycles. The Morgan fingerprint density at radius 1 is 1.10 bits per heavy atom. The molecule has 0 aliphatic heterocycles. The second kappa shape index (κ2) is 6.28. The summed E-state index contributed by atoms with van der Waals surface area (Å²) < 4.78 is 0. The lowest BCUT2D eigenvalue weighted by Gasteiger charge is -2.55. The van der Waals surface area contributed by atoms with Gasteiger partial charge in [0.15, 0.2) is 0 Å². The van der Waals surface area contributed by atoms with E-state index in [0.717, 1.165) is 38.6 Å². The summed E-state index contributed by atoms with van der Waals surface area (Å²) in [5.41, 5.74) is 2.42. The van der Waals surface area contributed by atoms with E-state index in [1.807, 2.05) is 0 Å². The summed E-state index contributed by atoms with van der Waals surface area (Å²) in [6.45, 7) is 1.05. The van der Waals surface area contributed by atoms with Crippen molar-refractivity contribution in [2.24, 2.45) is 0 Å². The van der Waals surface area contributed by atoms with Gasteiger partial charge in [-0.2, -0.15) is 0 Å². The molecule has 0 saturated heterocycles. The number of nitrogens with zero attached hydrogens (tertiary/aromatic N) is 1. The van der Waals surface area contributed by atoms with Gasteiger partial charge in [-0.3, -0.25) is 0 Å². The second-order valence-corrected chi connectivity index (χ2v) is 7.03. The summed E-state index contributed by atoms with van der Waals surface area (Å²) in [7, 11) is 4.26. The Morgan fingerprint density at radius 3 is 2.57 bits per heavy atom. The number of halogens is 1. The first-order chi connectivity index (χ1) is 9.57. The van der Waals surface area contributed by atoms with Gasteiger partial charge in [0, 0.05) is 5.41 Å². The first kappa shape index (κ1) is 16.8. The van der Waals surface area contributed by atoms with Gasteiger partial charge in [-0.1, -0.05) is 37.1 Å². The summed E-state index contributed by atoms with van der Waals surface area (Å²) in [5, 5.41) is 11.4. The first-order valence-electron chi connectivity index (χ1n) is 8.03. The highest BCUT2D eigenvalue weighted by Crippen LogP contribution is 2.54. The lowest BCUT2D eigenvalue weighted by Crippen LogP contribution is -2.57. The van der Waals surface area contributed by atoms with E-state index in [4.69, 9.17) is 0 Å². The molecule has 3 rings (SSSR count). The van der Waals surface area contributed by atoms with Crippen LogP contribution in [0.1, 0.15) is 49.7 Å². The van der Waals surface area contributed by atoms with Crippen molar-refractivity contribution in [1.29, 1.82) is 0 Å². The average Bonchev–Trinajstić information content (AvgIpc) is 2.45. The molecule has 3 heteroatoms. The third-order valence-corrected chi connectivity index (χ3v) is 5.66. The molecule has 0 radical (unpaired) electrons. The Hall–Kier alpha value is -0.570. The maximum Gasteiger partial charge on any atom is 0.0747 e. The maximum atomic E-state index is 11.4. The van der Waals surface area contributed by atoms with Crippen molar-refractivity contribution >= 4 is 12.4 Å². The molecule has 2 aliphatic rings. The molecule has 1 aromatic carbocycles. The summed E-state index contributed by atoms with van der Waals surface area (Å²) >= 11 is 0. The number of aliphatic hydroxyl groups is 1. The van der Waals surface area contributed by atoms with E-state index in [1.165, 1.54) is 24.0 Å². The lowest BCUT2D eigenvalue weighted by atomic mass is 9.53. The fourth-order valence-electron chi connectivity index (χ4n) is 4.52. The molecule has 21 heavy (non-hydrogen) atoms. The van der Waals surface area contributed by atoms with Crippen LogP contribution in [0.3, 0.4) is 0 Å². The van der Waals surface area contributed by atoms with Crippen molar-refractivity contribution in [3.8, 4) is 0 Å². The first-order valence-corrected chi connectivity index (χ1v) is 8.03. The largest absolute Gasteiger partial charge is 0.389 e. The van der Waals surface area contributed by atoms with Crippen LogP contribution in [-0.2, 0) is 11.8 Å². The van der Waals surface area contributed by atoms with Crippen molar-refractivity contribution in [3.63, 3.8) is 0 Å². The zero-order chi connectivity index (χ0) is 14.2. The van der Waals surface area contributed by atoms with Crippen molar-refractivity contribution in [2.45, 2.75) is 56.0 Å². The van der Waals surface area contributed by atoms with E-state index >= 15 is 0 Å². The van der Waals surface area contributed by atoms with Gasteiger partial charge in [0.2, 0.25) is 0 Å². The minimum atomic E-state index is -0.477. The molecule has 2 aliphatic carbocycles. The molecular formula is C18H28ClNO. The van der Waals surface area contributed by atoms with E-state index in [-0.39, 0.29) is 17.8 Å². The van der Waals surface area contributed by atoms with Crippen LogP contribution in [0.25, 0.3) is 0 Å². The quantitative estimate of drug-likeness (QED) is 0.923. The van der Waals surface area contributed by atoms with Gasteiger partial charge < -0.3 is 10.0 Å². The van der Waals surface area contributed by atoms with Crippen LogP contribution in [0.5, 0.6) is 0 Å². The Kier molecular flexibility index (Phi) is 5.02. The van der Waals surface area contributed by atoms with Crippen LogP contribution >= 0.6 is 12.4 Å². The van der Waals surface area contributed by atoms with Crippen LogP contribution in [0.4, 0.5) is 0 Å². The Balaban J connectivity index is 0.00000161. The van der Waals surface area contributed by atoms with Crippen LogP contribution < -0.4 is 0 Å². The van der Waals surface area contributed by atoms with Gasteiger partial charge in [-0.25, -0.2) is 0 Å². The van der Waals surface area contributed by atoms with Gasteiger partial charge >= 0.3 is 0 Å². The highest BCUT2D eigenvalue weighted by atomic mass is 35.5. The van der Waals surface area contributed by atoms with Crippen LogP contribution in [0.2, 0.25) is 0 Å². The van der Waals surface area contributed by atoms with Crippen molar-refractivity contribution in [1.82, 2.24) is 4.90 Å². The minimum absolute atomic E-state index is 0. The van der Waals surface area contributed by atoms with Gasteiger partial charge in [-0.15, -0.1) is 12.4 Å². The average molecular weight is 310 g/mol. The van der Waals surface area contributed by atoms with Crippen molar-refractivity contribution in [3.05, 3.63) is 35.4 Å². The van der Waals surface area contributed by atoms with Crippen molar-refractivity contribution in [2.75, 3.05) is 20.6 Å². The number of aryl methyl sites for hydroxylation is 1. The molecule has 118 valence electrons. The minimum Gasteiger partial charge on any atom is -0.389 e. The summed E-state index contributed by atoms with van der Waals surface area (Å²) in [5.74, 6) is 0. The summed E-state index contributed by atoms with van der Waals surface area (Å²) in [4.78, 5) is 2.25. The topological polar surface area (TPSA) is 23.5 Å². The predicted molar refractivity (Wildman–Crippen MR) is 90.3 cm³/mol. The molecule has 0 bridgehead atoms. The van der Waals surface area contributed by atoms with Crippen LogP contribution in [0.15, 0.2) is 24.3 Å². The summed E-state index contributed by atoms with van der Waals surface area (Å²) in [6.07, 6.45) is 7.62. The van der Waals surface area contributed by atoms with E-state index in [2.05, 4.69) is 43.3 Å². The molecule has 1 aromatic rings. The molecule has 1 saturated carbocycles. The van der Waals surface area contributed by atoms with E-state index in [1.54, 1.807) is 0 Å². The molecule has 1 N–H and O–H groups in total. The molecule has 2 atom stereocenters. The number of benzene rings is 1. The molecule has 0 amide bonds. The number of fused-ring (bicyclic) bond motifs is 3. The molecule has 0 heterocycles. The van der Waals surface area contributed by atoms with E-state index in [9.17, 15) is 5.11 Å². The number of hydrogen-bond acceptors (Lipinski definition) is 2. The van der Waals surface area contributed by atoms with E-state index < -0.39 is 5.60 Å². The van der Waals surface area contributed by atoms with E-state index in [0.29, 0.717) is 0 Å². The van der Waals surface area contributed by atoms with Gasteiger partial charge in [0.25, 0.3) is 0 Å². The molecule has 2 nitrogen and oxygen atoms in total. The zero-order valence-electron chi connectivity index (χ0n) is 13.3. The van der Waals surface area contributed by atoms with Crippen LogP contribution in [-0.4, -0.2) is 36.2 Å². The van der Waals surface area contributed by atoms with Crippen LogP contribution in [0, 0.1) is 0 Å². The monoisotopic (exact) mass is 309 g/mol. The molecule has 2 unspecified atom stereocenters. The highest BCUT2D eigenvalue weighted by Gasteiger charge is 2.54. The molecule has 1 fully saturated rings. The molecule has 0 spiro atoms. The Morgan fingerprint density at radius 2 is 1.81 bits per heavy atom. The normalized spacial score (nSPS) is 31.2. The number of hydrogen-bond donors (Lipinski definition) is 1. The third kappa shape index (κ3) is 2.74.